The van der Waals surface area contributed by atoms with Gasteiger partial charge in [-0.25, -0.2) is 0 Å². The second-order valence-corrected chi connectivity index (χ2v) is 6.87. The van der Waals surface area contributed by atoms with Crippen molar-refractivity contribution < 1.29 is 23.8 Å². The highest BCUT2D eigenvalue weighted by molar-refractivity contribution is 6.01. The van der Waals surface area contributed by atoms with E-state index in [1.165, 1.54) is 14.2 Å². The van der Waals surface area contributed by atoms with Crippen LogP contribution < -0.4 is 4.74 Å². The van der Waals surface area contributed by atoms with E-state index in [1.54, 1.807) is 7.11 Å². The van der Waals surface area contributed by atoms with Crippen LogP contribution >= 0.6 is 0 Å². The average Bonchev–Trinajstić information content (AvgIpc) is 2.94. The van der Waals surface area contributed by atoms with Crippen molar-refractivity contribution in [1.82, 2.24) is 0 Å². The van der Waals surface area contributed by atoms with Crippen molar-refractivity contribution in [3.8, 4) is 5.75 Å². The maximum absolute atomic E-state index is 12.6. The van der Waals surface area contributed by atoms with Crippen molar-refractivity contribution in [1.29, 1.82) is 0 Å². The molecule has 0 bridgehead atoms. The van der Waals surface area contributed by atoms with Crippen LogP contribution in [-0.4, -0.2) is 33.3 Å². The fourth-order valence-electron chi connectivity index (χ4n) is 3.59. The molecule has 0 aliphatic heterocycles. The fraction of sp³-hybridized carbons (Fsp3) is 0.250. The Morgan fingerprint density at radius 3 is 2.17 bits per heavy atom. The Morgan fingerprint density at radius 1 is 0.897 bits per heavy atom. The van der Waals surface area contributed by atoms with E-state index < -0.39 is 17.4 Å². The number of esters is 2. The summed E-state index contributed by atoms with van der Waals surface area (Å²) in [4.78, 5) is 25.2. The van der Waals surface area contributed by atoms with Crippen LogP contribution in [-0.2, 0) is 25.5 Å². The van der Waals surface area contributed by atoms with Crippen molar-refractivity contribution in [2.45, 2.75) is 12.8 Å². The zero-order valence-corrected chi connectivity index (χ0v) is 16.8. The van der Waals surface area contributed by atoms with Crippen LogP contribution in [0.3, 0.4) is 0 Å². The van der Waals surface area contributed by atoms with E-state index in [-0.39, 0.29) is 12.8 Å². The van der Waals surface area contributed by atoms with Crippen LogP contribution in [0.15, 0.2) is 60.7 Å². The Morgan fingerprint density at radius 2 is 1.55 bits per heavy atom. The molecule has 2 aromatic carbocycles. The van der Waals surface area contributed by atoms with Gasteiger partial charge in [0, 0.05) is 6.42 Å². The Bertz CT molecular complexity index is 937. The lowest BCUT2D eigenvalue weighted by Gasteiger charge is -2.26. The van der Waals surface area contributed by atoms with Gasteiger partial charge in [-0.3, -0.25) is 9.59 Å². The SMILES string of the molecule is COC(=O)C1(C(=O)OC)CC=C(/C=C/c2ccc(OC)cc2)c2ccccc2C1. The van der Waals surface area contributed by atoms with Crippen LogP contribution in [0.5, 0.6) is 5.75 Å². The van der Waals surface area contributed by atoms with Crippen LogP contribution in [0.2, 0.25) is 0 Å². The first kappa shape index (κ1) is 20.4. The van der Waals surface area contributed by atoms with E-state index >= 15 is 0 Å². The zero-order valence-electron chi connectivity index (χ0n) is 16.8. The third kappa shape index (κ3) is 4.09. The molecule has 0 fully saturated rings. The molecular formula is C24H24O5. The molecule has 2 aromatic rings. The molecule has 0 radical (unpaired) electrons. The number of fused-ring (bicyclic) bond motifs is 1. The van der Waals surface area contributed by atoms with Gasteiger partial charge in [0.25, 0.3) is 0 Å². The van der Waals surface area contributed by atoms with Crippen LogP contribution in [0.25, 0.3) is 11.6 Å². The second kappa shape index (κ2) is 8.78. The monoisotopic (exact) mass is 392 g/mol. The van der Waals surface area contributed by atoms with Crippen molar-refractivity contribution in [3.63, 3.8) is 0 Å². The Balaban J connectivity index is 2.03. The number of ether oxygens (including phenoxy) is 3. The van der Waals surface area contributed by atoms with E-state index in [1.807, 2.05) is 66.8 Å². The Labute approximate surface area is 170 Å². The van der Waals surface area contributed by atoms with Gasteiger partial charge in [-0.15, -0.1) is 0 Å². The third-order valence-electron chi connectivity index (χ3n) is 5.21. The lowest BCUT2D eigenvalue weighted by Crippen LogP contribution is -2.42. The number of rotatable bonds is 5. The van der Waals surface area contributed by atoms with E-state index in [9.17, 15) is 9.59 Å². The Hall–Kier alpha value is -3.34. The molecule has 1 aliphatic carbocycles. The molecule has 0 atom stereocenters. The number of methoxy groups -OCH3 is 3. The van der Waals surface area contributed by atoms with Gasteiger partial charge < -0.3 is 14.2 Å². The van der Waals surface area contributed by atoms with Gasteiger partial charge in [0.05, 0.1) is 21.3 Å². The molecule has 0 aromatic heterocycles. The summed E-state index contributed by atoms with van der Waals surface area (Å²) in [7, 11) is 4.21. The number of allylic oxidation sites excluding steroid dienone is 3. The summed E-state index contributed by atoms with van der Waals surface area (Å²) in [6.45, 7) is 0. The number of hydrogen-bond donors (Lipinski definition) is 0. The summed E-state index contributed by atoms with van der Waals surface area (Å²) in [6, 6.07) is 15.5. The first-order valence-electron chi connectivity index (χ1n) is 9.31. The molecule has 0 saturated carbocycles. The number of hydrogen-bond acceptors (Lipinski definition) is 5. The van der Waals surface area contributed by atoms with Crippen molar-refractivity contribution >= 4 is 23.6 Å². The lowest BCUT2D eigenvalue weighted by molar-refractivity contribution is -0.168. The number of carbonyl (C=O) groups is 2. The van der Waals surface area contributed by atoms with E-state index in [0.717, 1.165) is 28.0 Å². The summed E-state index contributed by atoms with van der Waals surface area (Å²) in [5.41, 5.74) is 2.43. The van der Waals surface area contributed by atoms with E-state index in [0.29, 0.717) is 0 Å². The highest BCUT2D eigenvalue weighted by Crippen LogP contribution is 2.38. The zero-order chi connectivity index (χ0) is 20.9. The summed E-state index contributed by atoms with van der Waals surface area (Å²) in [5, 5.41) is 0. The molecule has 150 valence electrons. The molecule has 3 rings (SSSR count). The summed E-state index contributed by atoms with van der Waals surface area (Å²) >= 11 is 0. The molecule has 0 N–H and O–H groups in total. The normalized spacial score (nSPS) is 15.1. The highest BCUT2D eigenvalue weighted by Gasteiger charge is 2.49. The predicted molar refractivity (Wildman–Crippen MR) is 111 cm³/mol. The molecule has 0 spiro atoms. The molecule has 5 nitrogen and oxygen atoms in total. The van der Waals surface area contributed by atoms with Crippen LogP contribution in [0.4, 0.5) is 0 Å². The van der Waals surface area contributed by atoms with Gasteiger partial charge in [0.15, 0.2) is 5.41 Å². The minimum absolute atomic E-state index is 0.198. The molecule has 1 aliphatic rings. The van der Waals surface area contributed by atoms with Crippen molar-refractivity contribution in [3.05, 3.63) is 77.4 Å². The average molecular weight is 392 g/mol. The smallest absolute Gasteiger partial charge is 0.323 e. The summed E-state index contributed by atoms with van der Waals surface area (Å²) < 4.78 is 15.1. The van der Waals surface area contributed by atoms with E-state index in [2.05, 4.69) is 0 Å². The maximum Gasteiger partial charge on any atom is 0.323 e. The summed E-state index contributed by atoms with van der Waals surface area (Å²) in [5.74, 6) is -0.381. The van der Waals surface area contributed by atoms with Gasteiger partial charge in [-0.05, 0) is 40.8 Å². The summed E-state index contributed by atoms with van der Waals surface area (Å²) in [6.07, 6.45) is 6.30. The quantitative estimate of drug-likeness (QED) is 0.567. The molecule has 0 unspecified atom stereocenters. The standard InChI is InChI=1S/C24H24O5/c1-27-20-12-9-17(10-13-20)8-11-18-14-15-24(22(25)28-2,23(26)29-3)16-19-6-4-5-7-21(18)19/h4-14H,15-16H2,1-3H3/b11-8+. The van der Waals surface area contributed by atoms with Gasteiger partial charge in [0.1, 0.15) is 5.75 Å². The van der Waals surface area contributed by atoms with Gasteiger partial charge in [-0.2, -0.15) is 0 Å². The van der Waals surface area contributed by atoms with Gasteiger partial charge in [0.2, 0.25) is 0 Å². The molecule has 0 amide bonds. The minimum Gasteiger partial charge on any atom is -0.497 e. The molecule has 5 heteroatoms. The van der Waals surface area contributed by atoms with Crippen LogP contribution in [0, 0.1) is 5.41 Å². The first-order valence-corrected chi connectivity index (χ1v) is 9.31. The lowest BCUT2D eigenvalue weighted by atomic mass is 9.79. The Kier molecular flexibility index (Phi) is 6.17. The number of carbonyl (C=O) groups excluding carboxylic acids is 2. The van der Waals surface area contributed by atoms with E-state index in [4.69, 9.17) is 14.2 Å². The van der Waals surface area contributed by atoms with Crippen molar-refractivity contribution in [2.24, 2.45) is 5.41 Å². The predicted octanol–water partition coefficient (Wildman–Crippen LogP) is 4.07. The molecule has 0 heterocycles. The van der Waals surface area contributed by atoms with Gasteiger partial charge in [-0.1, -0.05) is 54.6 Å². The topological polar surface area (TPSA) is 61.8 Å². The minimum atomic E-state index is -1.39. The molecular weight excluding hydrogens is 368 g/mol. The molecule has 0 saturated heterocycles. The first-order chi connectivity index (χ1) is 14.0. The maximum atomic E-state index is 12.6. The van der Waals surface area contributed by atoms with Crippen molar-refractivity contribution in [2.75, 3.05) is 21.3 Å². The number of benzene rings is 2. The largest absolute Gasteiger partial charge is 0.497 e. The molecule has 29 heavy (non-hydrogen) atoms. The highest BCUT2D eigenvalue weighted by atomic mass is 16.5. The van der Waals surface area contributed by atoms with Gasteiger partial charge >= 0.3 is 11.9 Å². The third-order valence-corrected chi connectivity index (χ3v) is 5.21. The second-order valence-electron chi connectivity index (χ2n) is 6.87. The van der Waals surface area contributed by atoms with Crippen LogP contribution in [0.1, 0.15) is 23.1 Å². The fourth-order valence-corrected chi connectivity index (χ4v) is 3.59.